The van der Waals surface area contributed by atoms with Crippen molar-refractivity contribution in [1.29, 1.82) is 0 Å². The van der Waals surface area contributed by atoms with E-state index in [0.29, 0.717) is 12.0 Å². The quantitative estimate of drug-likeness (QED) is 0.839. The number of piperidine rings is 1. The lowest BCUT2D eigenvalue weighted by Crippen LogP contribution is -2.34. The molecule has 2 heterocycles. The van der Waals surface area contributed by atoms with Crippen molar-refractivity contribution in [3.8, 4) is 0 Å². The molecule has 0 spiro atoms. The monoisotopic (exact) mass is 277 g/mol. The minimum absolute atomic E-state index is 0.0698. The molecule has 4 nitrogen and oxygen atoms in total. The number of nitrogens with zero attached hydrogens (tertiary/aromatic N) is 1. The molecular formula is C16H27N3O. The van der Waals surface area contributed by atoms with Gasteiger partial charge >= 0.3 is 0 Å². The minimum atomic E-state index is 0.0698. The highest BCUT2D eigenvalue weighted by atomic mass is 16.1. The van der Waals surface area contributed by atoms with E-state index in [1.165, 1.54) is 0 Å². The van der Waals surface area contributed by atoms with E-state index in [0.717, 1.165) is 51.0 Å². The summed E-state index contributed by atoms with van der Waals surface area (Å²) in [6, 6.07) is 4.37. The third-order valence-corrected chi connectivity index (χ3v) is 4.42. The maximum atomic E-state index is 12.4. The van der Waals surface area contributed by atoms with Crippen molar-refractivity contribution >= 4 is 5.91 Å². The fourth-order valence-electron chi connectivity index (χ4n) is 2.89. The van der Waals surface area contributed by atoms with Crippen LogP contribution >= 0.6 is 0 Å². The molecule has 1 aromatic heterocycles. The Hall–Kier alpha value is -1.29. The third-order valence-electron chi connectivity index (χ3n) is 4.42. The number of carbonyl (C=O) groups excluding carboxylic acids is 1. The van der Waals surface area contributed by atoms with E-state index in [1.807, 2.05) is 18.3 Å². The van der Waals surface area contributed by atoms with E-state index >= 15 is 0 Å². The van der Waals surface area contributed by atoms with Crippen molar-refractivity contribution < 1.29 is 4.79 Å². The van der Waals surface area contributed by atoms with Crippen LogP contribution in [-0.2, 0) is 0 Å². The van der Waals surface area contributed by atoms with Gasteiger partial charge in [0, 0.05) is 18.8 Å². The first-order valence-electron chi connectivity index (χ1n) is 7.92. The molecule has 0 unspecified atom stereocenters. The molecule has 1 fully saturated rings. The van der Waals surface area contributed by atoms with Crippen LogP contribution < -0.4 is 10.6 Å². The van der Waals surface area contributed by atoms with Crippen LogP contribution in [0.25, 0.3) is 0 Å². The predicted molar refractivity (Wildman–Crippen MR) is 82.0 cm³/mol. The zero-order chi connectivity index (χ0) is 14.4. The fourth-order valence-corrected chi connectivity index (χ4v) is 2.89. The lowest BCUT2D eigenvalue weighted by Gasteiger charge is -2.26. The summed E-state index contributed by atoms with van der Waals surface area (Å²) in [5.74, 6) is 0.654. The lowest BCUT2D eigenvalue weighted by atomic mass is 10.0. The minimum Gasteiger partial charge on any atom is -0.350 e. The number of hydrogen-bond donors (Lipinski definition) is 2. The Morgan fingerprint density at radius 1 is 1.40 bits per heavy atom. The molecule has 0 radical (unpaired) electrons. The smallest absolute Gasteiger partial charge is 0.267 e. The molecule has 0 atom stereocenters. The molecule has 0 bridgehead atoms. The van der Waals surface area contributed by atoms with Crippen molar-refractivity contribution in [2.24, 2.45) is 5.92 Å². The molecule has 1 saturated heterocycles. The zero-order valence-corrected chi connectivity index (χ0v) is 12.7. The van der Waals surface area contributed by atoms with Crippen LogP contribution in [0.2, 0.25) is 0 Å². The SMILES string of the molecule is CCC(CC)CNC(=O)c1cccn1C1CCNCC1. The van der Waals surface area contributed by atoms with Gasteiger partial charge < -0.3 is 15.2 Å². The summed E-state index contributed by atoms with van der Waals surface area (Å²) in [6.45, 7) is 7.22. The predicted octanol–water partition coefficient (Wildman–Crippen LogP) is 2.58. The fraction of sp³-hybridized carbons (Fsp3) is 0.688. The Labute approximate surface area is 121 Å². The summed E-state index contributed by atoms with van der Waals surface area (Å²) in [4.78, 5) is 12.4. The number of rotatable bonds is 6. The number of amides is 1. The molecule has 0 saturated carbocycles. The molecule has 2 rings (SSSR count). The van der Waals surface area contributed by atoms with E-state index in [-0.39, 0.29) is 5.91 Å². The number of carbonyl (C=O) groups is 1. The van der Waals surface area contributed by atoms with Crippen molar-refractivity contribution in [2.75, 3.05) is 19.6 Å². The highest BCUT2D eigenvalue weighted by Gasteiger charge is 2.20. The van der Waals surface area contributed by atoms with Gasteiger partial charge in [0.05, 0.1) is 0 Å². The van der Waals surface area contributed by atoms with Crippen LogP contribution in [0.4, 0.5) is 0 Å². The Balaban J connectivity index is 1.98. The van der Waals surface area contributed by atoms with Crippen LogP contribution in [-0.4, -0.2) is 30.1 Å². The van der Waals surface area contributed by atoms with Crippen LogP contribution in [0.1, 0.15) is 56.1 Å². The van der Waals surface area contributed by atoms with Gasteiger partial charge in [-0.3, -0.25) is 4.79 Å². The molecule has 2 N–H and O–H groups in total. The number of nitrogens with one attached hydrogen (secondary N) is 2. The van der Waals surface area contributed by atoms with Gasteiger partial charge in [-0.1, -0.05) is 26.7 Å². The lowest BCUT2D eigenvalue weighted by molar-refractivity contribution is 0.0933. The van der Waals surface area contributed by atoms with Crippen molar-refractivity contribution in [3.63, 3.8) is 0 Å². The summed E-state index contributed by atoms with van der Waals surface area (Å²) in [5, 5.41) is 6.46. The molecule has 1 aromatic rings. The van der Waals surface area contributed by atoms with Crippen molar-refractivity contribution in [2.45, 2.75) is 45.6 Å². The molecule has 0 aliphatic carbocycles. The van der Waals surface area contributed by atoms with Crippen LogP contribution in [0.3, 0.4) is 0 Å². The summed E-state index contributed by atoms with van der Waals surface area (Å²) in [7, 11) is 0. The van der Waals surface area contributed by atoms with E-state index in [1.54, 1.807) is 0 Å². The van der Waals surface area contributed by atoms with Crippen molar-refractivity contribution in [1.82, 2.24) is 15.2 Å². The third kappa shape index (κ3) is 3.63. The second-order valence-electron chi connectivity index (χ2n) is 5.67. The first-order valence-corrected chi connectivity index (χ1v) is 7.92. The number of hydrogen-bond acceptors (Lipinski definition) is 2. The molecule has 4 heteroatoms. The van der Waals surface area contributed by atoms with Gasteiger partial charge in [-0.25, -0.2) is 0 Å². The van der Waals surface area contributed by atoms with E-state index in [2.05, 4.69) is 29.0 Å². The summed E-state index contributed by atoms with van der Waals surface area (Å²) in [5.41, 5.74) is 0.808. The van der Waals surface area contributed by atoms with Crippen LogP contribution in [0.5, 0.6) is 0 Å². The molecule has 0 aromatic carbocycles. The normalized spacial score (nSPS) is 16.6. The average Bonchev–Trinajstić information content (AvgIpc) is 2.98. The maximum absolute atomic E-state index is 12.4. The molecular weight excluding hydrogens is 250 g/mol. The summed E-state index contributed by atoms with van der Waals surface area (Å²) in [6.07, 6.45) is 6.48. The van der Waals surface area contributed by atoms with Crippen LogP contribution in [0, 0.1) is 5.92 Å². The molecule has 112 valence electrons. The zero-order valence-electron chi connectivity index (χ0n) is 12.7. The van der Waals surface area contributed by atoms with Crippen molar-refractivity contribution in [3.05, 3.63) is 24.0 Å². The Morgan fingerprint density at radius 2 is 2.10 bits per heavy atom. The molecule has 1 aliphatic rings. The first kappa shape index (κ1) is 15.1. The molecule has 1 amide bonds. The van der Waals surface area contributed by atoms with Crippen LogP contribution in [0.15, 0.2) is 18.3 Å². The standard InChI is InChI=1S/C16H27N3O/c1-3-13(4-2)12-18-16(20)15-6-5-11-19(15)14-7-9-17-10-8-14/h5-6,11,13-14,17H,3-4,7-10,12H2,1-2H3,(H,18,20). The average molecular weight is 277 g/mol. The highest BCUT2D eigenvalue weighted by Crippen LogP contribution is 2.21. The van der Waals surface area contributed by atoms with Gasteiger partial charge in [0.15, 0.2) is 0 Å². The first-order chi connectivity index (χ1) is 9.76. The Kier molecular flexibility index (Phi) is 5.65. The Morgan fingerprint density at radius 3 is 2.75 bits per heavy atom. The van der Waals surface area contributed by atoms with Gasteiger partial charge in [-0.2, -0.15) is 0 Å². The number of aromatic nitrogens is 1. The van der Waals surface area contributed by atoms with E-state index < -0.39 is 0 Å². The second-order valence-corrected chi connectivity index (χ2v) is 5.67. The van der Waals surface area contributed by atoms with Gasteiger partial charge in [0.1, 0.15) is 5.69 Å². The Bertz CT molecular complexity index is 417. The second kappa shape index (κ2) is 7.48. The van der Waals surface area contributed by atoms with Gasteiger partial charge in [0.2, 0.25) is 0 Å². The maximum Gasteiger partial charge on any atom is 0.267 e. The highest BCUT2D eigenvalue weighted by molar-refractivity contribution is 5.92. The largest absolute Gasteiger partial charge is 0.350 e. The summed E-state index contributed by atoms with van der Waals surface area (Å²) < 4.78 is 2.16. The van der Waals surface area contributed by atoms with Gasteiger partial charge in [0.25, 0.3) is 5.91 Å². The molecule has 1 aliphatic heterocycles. The topological polar surface area (TPSA) is 46.1 Å². The van der Waals surface area contributed by atoms with Gasteiger partial charge in [-0.15, -0.1) is 0 Å². The van der Waals surface area contributed by atoms with Gasteiger partial charge in [-0.05, 0) is 44.0 Å². The molecule has 20 heavy (non-hydrogen) atoms. The van der Waals surface area contributed by atoms with E-state index in [4.69, 9.17) is 0 Å². The van der Waals surface area contributed by atoms with E-state index in [9.17, 15) is 4.79 Å². The summed E-state index contributed by atoms with van der Waals surface area (Å²) >= 11 is 0.